The molecule has 3 aromatic rings. The first kappa shape index (κ1) is 25.6. The summed E-state index contributed by atoms with van der Waals surface area (Å²) in [5.41, 5.74) is 0.518. The SMILES string of the molecule is CCN(CC)C(=O)c1nc(-c2nnc(C)o2)sc1-c1ccc(S(=O)(=O)NC(C)C)c(Cl)c1Cl. The zero-order valence-corrected chi connectivity index (χ0v) is 21.8. The van der Waals surface area contributed by atoms with Crippen molar-refractivity contribution < 1.29 is 17.6 Å². The standard InChI is InChI=1S/C20H23Cl2N5O4S2/c1-6-27(7-2)20(28)16-17(32-19(23-16)18-25-24-11(5)31-18)12-8-9-13(15(22)14(12)21)33(29,30)26-10(3)4/h8-10,26H,6-7H2,1-5H3. The van der Waals surface area contributed by atoms with E-state index in [2.05, 4.69) is 19.9 Å². The summed E-state index contributed by atoms with van der Waals surface area (Å²) in [6.45, 7) is 9.73. The zero-order chi connectivity index (χ0) is 24.5. The van der Waals surface area contributed by atoms with E-state index in [4.69, 9.17) is 27.6 Å². The van der Waals surface area contributed by atoms with Crippen LogP contribution in [0.3, 0.4) is 0 Å². The monoisotopic (exact) mass is 531 g/mol. The lowest BCUT2D eigenvalue weighted by Gasteiger charge is -2.18. The fourth-order valence-corrected chi connectivity index (χ4v) is 6.25. The topological polar surface area (TPSA) is 118 Å². The summed E-state index contributed by atoms with van der Waals surface area (Å²) in [4.78, 5) is 19.6. The van der Waals surface area contributed by atoms with E-state index in [0.29, 0.717) is 34.4 Å². The molecule has 3 rings (SSSR count). The molecule has 0 unspecified atom stereocenters. The van der Waals surface area contributed by atoms with Crippen LogP contribution in [0.15, 0.2) is 21.4 Å². The van der Waals surface area contributed by atoms with Gasteiger partial charge < -0.3 is 9.32 Å². The van der Waals surface area contributed by atoms with Gasteiger partial charge in [-0.3, -0.25) is 4.79 Å². The Labute approximate surface area is 206 Å². The summed E-state index contributed by atoms with van der Waals surface area (Å²) in [7, 11) is -3.88. The van der Waals surface area contributed by atoms with Gasteiger partial charge in [-0.15, -0.1) is 21.5 Å². The lowest BCUT2D eigenvalue weighted by molar-refractivity contribution is 0.0768. The summed E-state index contributed by atoms with van der Waals surface area (Å²) in [6, 6.07) is 2.54. The van der Waals surface area contributed by atoms with Gasteiger partial charge in [-0.25, -0.2) is 18.1 Å². The minimum absolute atomic E-state index is 0.00574. The zero-order valence-electron chi connectivity index (χ0n) is 18.6. The van der Waals surface area contributed by atoms with Gasteiger partial charge in [0.25, 0.3) is 11.8 Å². The van der Waals surface area contributed by atoms with Gasteiger partial charge in [-0.05, 0) is 33.8 Å². The Bertz CT molecular complexity index is 1280. The molecule has 2 heterocycles. The maximum Gasteiger partial charge on any atom is 0.276 e. The van der Waals surface area contributed by atoms with Gasteiger partial charge in [0.2, 0.25) is 15.9 Å². The summed E-state index contributed by atoms with van der Waals surface area (Å²) in [6.07, 6.45) is 0. The number of aryl methyl sites for hydroxylation is 1. The Morgan fingerprint density at radius 3 is 2.39 bits per heavy atom. The molecule has 0 fully saturated rings. The fraction of sp³-hybridized carbons (Fsp3) is 0.400. The van der Waals surface area contributed by atoms with Crippen LogP contribution in [0.2, 0.25) is 10.0 Å². The Morgan fingerprint density at radius 1 is 1.18 bits per heavy atom. The van der Waals surface area contributed by atoms with Crippen molar-refractivity contribution in [3.8, 4) is 21.3 Å². The maximum absolute atomic E-state index is 13.2. The predicted octanol–water partition coefficient (Wildman–Crippen LogP) is 4.64. The van der Waals surface area contributed by atoms with Crippen molar-refractivity contribution in [2.24, 2.45) is 0 Å². The second kappa shape index (κ2) is 10.1. The highest BCUT2D eigenvalue weighted by molar-refractivity contribution is 7.89. The number of rotatable bonds is 8. The van der Waals surface area contributed by atoms with Crippen molar-refractivity contribution in [1.82, 2.24) is 24.8 Å². The summed E-state index contributed by atoms with van der Waals surface area (Å²) >= 11 is 14.1. The highest BCUT2D eigenvalue weighted by Gasteiger charge is 2.29. The number of aromatic nitrogens is 3. The van der Waals surface area contributed by atoms with Gasteiger partial charge in [-0.2, -0.15) is 0 Å². The van der Waals surface area contributed by atoms with E-state index in [0.717, 1.165) is 11.3 Å². The van der Waals surface area contributed by atoms with Crippen LogP contribution in [0.1, 0.15) is 44.1 Å². The third kappa shape index (κ3) is 5.22. The largest absolute Gasteiger partial charge is 0.419 e. The molecule has 9 nitrogen and oxygen atoms in total. The van der Waals surface area contributed by atoms with E-state index in [1.54, 1.807) is 25.7 Å². The Balaban J connectivity index is 2.20. The molecule has 33 heavy (non-hydrogen) atoms. The predicted molar refractivity (Wildman–Crippen MR) is 128 cm³/mol. The van der Waals surface area contributed by atoms with E-state index < -0.39 is 10.0 Å². The molecule has 13 heteroatoms. The van der Waals surface area contributed by atoms with E-state index in [1.807, 2.05) is 13.8 Å². The second-order valence-electron chi connectivity index (χ2n) is 7.32. The van der Waals surface area contributed by atoms with Crippen LogP contribution < -0.4 is 4.72 Å². The Kier molecular flexibility index (Phi) is 7.80. The van der Waals surface area contributed by atoms with Crippen LogP contribution in [0, 0.1) is 6.92 Å². The van der Waals surface area contributed by atoms with Gasteiger partial charge >= 0.3 is 0 Å². The molecule has 2 aromatic heterocycles. The number of benzene rings is 1. The first-order valence-corrected chi connectivity index (χ1v) is 13.2. The van der Waals surface area contributed by atoms with Crippen LogP contribution in [0.25, 0.3) is 21.3 Å². The molecule has 0 atom stereocenters. The van der Waals surface area contributed by atoms with Gasteiger partial charge in [-0.1, -0.05) is 29.3 Å². The Hall–Kier alpha value is -2.05. The number of amides is 1. The molecular formula is C20H23Cl2N5O4S2. The highest BCUT2D eigenvalue weighted by Crippen LogP contribution is 2.43. The number of hydrogen-bond donors (Lipinski definition) is 1. The fourth-order valence-electron chi connectivity index (χ4n) is 3.07. The van der Waals surface area contributed by atoms with Gasteiger partial charge in [0.15, 0.2) is 5.01 Å². The molecule has 1 aromatic carbocycles. The molecule has 0 aliphatic rings. The molecule has 0 aliphatic carbocycles. The van der Waals surface area contributed by atoms with Crippen LogP contribution >= 0.6 is 34.5 Å². The van der Waals surface area contributed by atoms with Crippen molar-refractivity contribution >= 4 is 50.5 Å². The number of carbonyl (C=O) groups is 1. The average molecular weight is 532 g/mol. The van der Waals surface area contributed by atoms with Gasteiger partial charge in [0.05, 0.1) is 14.9 Å². The van der Waals surface area contributed by atoms with Crippen molar-refractivity contribution in [2.75, 3.05) is 13.1 Å². The lowest BCUT2D eigenvalue weighted by Crippen LogP contribution is -2.31. The van der Waals surface area contributed by atoms with Crippen molar-refractivity contribution in [1.29, 1.82) is 0 Å². The molecule has 178 valence electrons. The smallest absolute Gasteiger partial charge is 0.276 e. The van der Waals surface area contributed by atoms with Gasteiger partial charge in [0.1, 0.15) is 10.6 Å². The molecular weight excluding hydrogens is 509 g/mol. The molecule has 0 aliphatic heterocycles. The molecule has 0 spiro atoms. The second-order valence-corrected chi connectivity index (χ2v) is 10.8. The highest BCUT2D eigenvalue weighted by atomic mass is 35.5. The minimum Gasteiger partial charge on any atom is -0.419 e. The minimum atomic E-state index is -3.88. The number of thiazole rings is 1. The molecule has 0 radical (unpaired) electrons. The summed E-state index contributed by atoms with van der Waals surface area (Å²) in [5, 5.41) is 7.98. The maximum atomic E-state index is 13.2. The summed E-state index contributed by atoms with van der Waals surface area (Å²) < 4.78 is 33.2. The first-order valence-electron chi connectivity index (χ1n) is 10.1. The number of nitrogens with one attached hydrogen (secondary N) is 1. The first-order chi connectivity index (χ1) is 15.5. The number of halogens is 2. The van der Waals surface area contributed by atoms with Crippen LogP contribution in [-0.4, -0.2) is 53.5 Å². The molecule has 1 amide bonds. The number of hydrogen-bond acceptors (Lipinski definition) is 8. The van der Waals surface area contributed by atoms with E-state index >= 15 is 0 Å². The average Bonchev–Trinajstić information content (AvgIpc) is 3.36. The number of sulfonamides is 1. The third-order valence-electron chi connectivity index (χ3n) is 4.56. The van der Waals surface area contributed by atoms with Crippen LogP contribution in [-0.2, 0) is 10.0 Å². The van der Waals surface area contributed by atoms with E-state index in [1.165, 1.54) is 12.1 Å². The quantitative estimate of drug-likeness (QED) is 0.449. The van der Waals surface area contributed by atoms with Crippen LogP contribution in [0.4, 0.5) is 0 Å². The van der Waals surface area contributed by atoms with E-state index in [-0.39, 0.29) is 38.5 Å². The summed E-state index contributed by atoms with van der Waals surface area (Å²) in [5.74, 6) is 0.214. The molecule has 1 N–H and O–H groups in total. The Morgan fingerprint density at radius 2 is 1.85 bits per heavy atom. The van der Waals surface area contributed by atoms with Crippen molar-refractivity contribution in [3.63, 3.8) is 0 Å². The van der Waals surface area contributed by atoms with Gasteiger partial charge in [0, 0.05) is 31.6 Å². The molecule has 0 saturated carbocycles. The molecule has 0 bridgehead atoms. The number of nitrogens with zero attached hydrogens (tertiary/aromatic N) is 4. The molecule has 0 saturated heterocycles. The van der Waals surface area contributed by atoms with E-state index in [9.17, 15) is 13.2 Å². The van der Waals surface area contributed by atoms with Crippen molar-refractivity contribution in [2.45, 2.75) is 45.6 Å². The number of carbonyl (C=O) groups excluding carboxylic acids is 1. The van der Waals surface area contributed by atoms with Crippen molar-refractivity contribution in [3.05, 3.63) is 33.8 Å². The normalized spacial score (nSPS) is 11.9. The lowest BCUT2D eigenvalue weighted by atomic mass is 10.1. The third-order valence-corrected chi connectivity index (χ3v) is 8.33. The van der Waals surface area contributed by atoms with Crippen LogP contribution in [0.5, 0.6) is 0 Å².